The molecule has 0 bridgehead atoms. The molecule has 42 heavy (non-hydrogen) atoms. The van der Waals surface area contributed by atoms with Crippen molar-refractivity contribution in [1.82, 2.24) is 14.1 Å². The highest BCUT2D eigenvalue weighted by Crippen LogP contribution is 2.38. The summed E-state index contributed by atoms with van der Waals surface area (Å²) in [6, 6.07) is 42.7. The van der Waals surface area contributed by atoms with Crippen LogP contribution in [0.25, 0.3) is 66.2 Å². The van der Waals surface area contributed by atoms with Crippen molar-refractivity contribution in [2.75, 3.05) is 0 Å². The van der Waals surface area contributed by atoms with E-state index in [4.69, 9.17) is 4.98 Å². The molecule has 0 saturated heterocycles. The molecule has 5 aromatic carbocycles. The fourth-order valence-electron chi connectivity index (χ4n) is 6.42. The quantitative estimate of drug-likeness (QED) is 0.225. The van der Waals surface area contributed by atoms with Gasteiger partial charge in [0.1, 0.15) is 0 Å². The molecule has 4 heteroatoms. The maximum Gasteiger partial charge on any atom is 0.0991 e. The number of hydrogen-bond acceptors (Lipinski definition) is 2. The Hall–Kier alpha value is -5.66. The first-order valence-corrected chi connectivity index (χ1v) is 14.1. The van der Waals surface area contributed by atoms with Crippen LogP contribution in [0.15, 0.2) is 121 Å². The Balaban J connectivity index is 1.41. The predicted octanol–water partition coefficient (Wildman–Crippen LogP) is 9.43. The lowest BCUT2D eigenvalue weighted by molar-refractivity contribution is 1.14. The van der Waals surface area contributed by atoms with Crippen LogP contribution in [0.4, 0.5) is 0 Å². The van der Waals surface area contributed by atoms with Crippen LogP contribution in [0, 0.1) is 25.2 Å². The Morgan fingerprint density at radius 1 is 0.571 bits per heavy atom. The third kappa shape index (κ3) is 3.57. The second-order valence-corrected chi connectivity index (χ2v) is 11.0. The van der Waals surface area contributed by atoms with E-state index in [-0.39, 0.29) is 0 Å². The minimum Gasteiger partial charge on any atom is -0.309 e. The average Bonchev–Trinajstić information content (AvgIpc) is 3.53. The molecule has 0 radical (unpaired) electrons. The van der Waals surface area contributed by atoms with Crippen molar-refractivity contribution >= 4 is 43.6 Å². The molecule has 0 atom stereocenters. The molecule has 0 unspecified atom stereocenters. The van der Waals surface area contributed by atoms with E-state index < -0.39 is 0 Å². The summed E-state index contributed by atoms with van der Waals surface area (Å²) in [4.78, 5) is 4.88. The molecule has 198 valence electrons. The summed E-state index contributed by atoms with van der Waals surface area (Å²) in [7, 11) is 0. The lowest BCUT2D eigenvalue weighted by Gasteiger charge is -2.15. The lowest BCUT2D eigenvalue weighted by atomic mass is 10.0. The van der Waals surface area contributed by atoms with Gasteiger partial charge >= 0.3 is 0 Å². The molecule has 3 aromatic heterocycles. The summed E-state index contributed by atoms with van der Waals surface area (Å²) in [5.74, 6) is 0. The van der Waals surface area contributed by atoms with Crippen LogP contribution in [0.2, 0.25) is 0 Å². The van der Waals surface area contributed by atoms with Crippen LogP contribution in [-0.2, 0) is 0 Å². The van der Waals surface area contributed by atoms with Crippen molar-refractivity contribution < 1.29 is 0 Å². The normalized spacial score (nSPS) is 11.5. The second-order valence-electron chi connectivity index (χ2n) is 11.0. The summed E-state index contributed by atoms with van der Waals surface area (Å²) in [5, 5.41) is 14.8. The zero-order chi connectivity index (χ0) is 28.4. The SMILES string of the molecule is Cc1ccc2c(c1)c1ccccc1n2-c1ccnc(-c2cc(C#N)ccc2-n2c3ccccc3c3cc(C)ccc32)c1. The number of nitriles is 1. The van der Waals surface area contributed by atoms with Gasteiger partial charge < -0.3 is 9.13 Å². The highest BCUT2D eigenvalue weighted by molar-refractivity contribution is 6.11. The van der Waals surface area contributed by atoms with Crippen molar-refractivity contribution in [3.05, 3.63) is 138 Å². The van der Waals surface area contributed by atoms with Gasteiger partial charge in [-0.2, -0.15) is 5.26 Å². The van der Waals surface area contributed by atoms with Crippen LogP contribution >= 0.6 is 0 Å². The number of hydrogen-bond donors (Lipinski definition) is 0. The number of fused-ring (bicyclic) bond motifs is 6. The summed E-state index contributed by atoms with van der Waals surface area (Å²) >= 11 is 0. The number of para-hydroxylation sites is 2. The third-order valence-corrected chi connectivity index (χ3v) is 8.30. The molecule has 8 aromatic rings. The molecule has 0 fully saturated rings. The summed E-state index contributed by atoms with van der Waals surface area (Å²) in [6.07, 6.45) is 1.87. The zero-order valence-corrected chi connectivity index (χ0v) is 23.3. The highest BCUT2D eigenvalue weighted by atomic mass is 15.0. The van der Waals surface area contributed by atoms with E-state index in [1.807, 2.05) is 18.3 Å². The standard InChI is InChI=1S/C38H26N4/c1-24-11-14-36-30(19-24)28-7-3-5-9-34(28)41(36)27-17-18-40-33(22-27)32-21-26(23-39)13-16-38(32)42-35-10-6-4-8-29(35)31-20-25(2)12-15-37(31)42/h3-22H,1-2H3. The molecule has 8 rings (SSSR count). The molecular weight excluding hydrogens is 512 g/mol. The van der Waals surface area contributed by atoms with Gasteiger partial charge in [0.2, 0.25) is 0 Å². The van der Waals surface area contributed by atoms with Crippen LogP contribution in [0.5, 0.6) is 0 Å². The van der Waals surface area contributed by atoms with Crippen LogP contribution < -0.4 is 0 Å². The predicted molar refractivity (Wildman–Crippen MR) is 173 cm³/mol. The number of pyridine rings is 1. The highest BCUT2D eigenvalue weighted by Gasteiger charge is 2.18. The fraction of sp³-hybridized carbons (Fsp3) is 0.0526. The van der Waals surface area contributed by atoms with Crippen molar-refractivity contribution in [2.45, 2.75) is 13.8 Å². The fourth-order valence-corrected chi connectivity index (χ4v) is 6.42. The molecule has 0 aliphatic rings. The topological polar surface area (TPSA) is 46.5 Å². The molecule has 0 aliphatic carbocycles. The minimum absolute atomic E-state index is 0.602. The maximum atomic E-state index is 9.89. The molecule has 3 heterocycles. The van der Waals surface area contributed by atoms with Crippen molar-refractivity contribution in [3.8, 4) is 28.7 Å². The first-order valence-electron chi connectivity index (χ1n) is 14.1. The number of nitrogens with zero attached hydrogens (tertiary/aromatic N) is 4. The van der Waals surface area contributed by atoms with E-state index in [1.165, 1.54) is 32.7 Å². The van der Waals surface area contributed by atoms with Crippen LogP contribution in [-0.4, -0.2) is 14.1 Å². The molecule has 0 aliphatic heterocycles. The van der Waals surface area contributed by atoms with E-state index in [2.05, 4.69) is 132 Å². The van der Waals surface area contributed by atoms with Gasteiger partial charge in [0.15, 0.2) is 0 Å². The van der Waals surface area contributed by atoms with Gasteiger partial charge in [0.25, 0.3) is 0 Å². The largest absolute Gasteiger partial charge is 0.309 e. The molecular formula is C38H26N4. The first kappa shape index (κ1) is 24.2. The molecule has 0 amide bonds. The van der Waals surface area contributed by atoms with E-state index in [0.29, 0.717) is 5.56 Å². The number of rotatable bonds is 3. The van der Waals surface area contributed by atoms with Gasteiger partial charge in [-0.25, -0.2) is 0 Å². The van der Waals surface area contributed by atoms with E-state index >= 15 is 0 Å². The summed E-state index contributed by atoms with van der Waals surface area (Å²) in [5.41, 5.74) is 11.4. The Morgan fingerprint density at radius 2 is 1.17 bits per heavy atom. The zero-order valence-electron chi connectivity index (χ0n) is 23.3. The van der Waals surface area contributed by atoms with Crippen molar-refractivity contribution in [1.29, 1.82) is 5.26 Å². The second kappa shape index (κ2) is 9.19. The van der Waals surface area contributed by atoms with Crippen LogP contribution in [0.1, 0.15) is 16.7 Å². The van der Waals surface area contributed by atoms with E-state index in [0.717, 1.165) is 44.7 Å². The van der Waals surface area contributed by atoms with E-state index in [9.17, 15) is 5.26 Å². The van der Waals surface area contributed by atoms with Crippen molar-refractivity contribution in [2.24, 2.45) is 0 Å². The molecule has 0 spiro atoms. The van der Waals surface area contributed by atoms with Crippen molar-refractivity contribution in [3.63, 3.8) is 0 Å². The Morgan fingerprint density at radius 3 is 1.83 bits per heavy atom. The molecule has 4 nitrogen and oxygen atoms in total. The number of aromatic nitrogens is 3. The minimum atomic E-state index is 0.602. The van der Waals surface area contributed by atoms with Gasteiger partial charge in [-0.1, -0.05) is 59.7 Å². The van der Waals surface area contributed by atoms with Gasteiger partial charge in [-0.15, -0.1) is 0 Å². The Kier molecular flexibility index (Phi) is 5.29. The van der Waals surface area contributed by atoms with Gasteiger partial charge in [-0.3, -0.25) is 4.98 Å². The summed E-state index contributed by atoms with van der Waals surface area (Å²) < 4.78 is 4.62. The summed E-state index contributed by atoms with van der Waals surface area (Å²) in [6.45, 7) is 4.26. The average molecular weight is 539 g/mol. The number of benzene rings is 5. The van der Waals surface area contributed by atoms with Gasteiger partial charge in [0.05, 0.1) is 45.1 Å². The smallest absolute Gasteiger partial charge is 0.0991 e. The Bertz CT molecular complexity index is 2400. The monoisotopic (exact) mass is 538 g/mol. The van der Waals surface area contributed by atoms with Gasteiger partial charge in [-0.05, 0) is 80.6 Å². The van der Waals surface area contributed by atoms with Gasteiger partial charge in [0, 0.05) is 39.0 Å². The number of aryl methyl sites for hydroxylation is 2. The Labute approximate surface area is 243 Å². The maximum absolute atomic E-state index is 9.89. The molecule has 0 N–H and O–H groups in total. The van der Waals surface area contributed by atoms with E-state index in [1.54, 1.807) is 0 Å². The molecule has 0 saturated carbocycles. The lowest BCUT2D eigenvalue weighted by Crippen LogP contribution is -2.00. The first-order chi connectivity index (χ1) is 20.6. The third-order valence-electron chi connectivity index (χ3n) is 8.30. The van der Waals surface area contributed by atoms with Crippen LogP contribution in [0.3, 0.4) is 0 Å².